The van der Waals surface area contributed by atoms with Crippen LogP contribution in [-0.2, 0) is 16.6 Å². The molecule has 0 bridgehead atoms. The second-order valence-corrected chi connectivity index (χ2v) is 11.8. The Morgan fingerprint density at radius 1 is 1.05 bits per heavy atom. The molecular formula is C28H30N6O2S2. The van der Waals surface area contributed by atoms with Crippen molar-refractivity contribution < 1.29 is 8.42 Å². The lowest BCUT2D eigenvalue weighted by Crippen LogP contribution is -2.29. The molecule has 0 aliphatic carbocycles. The van der Waals surface area contributed by atoms with Crippen molar-refractivity contribution in [2.24, 2.45) is 0 Å². The van der Waals surface area contributed by atoms with E-state index in [0.29, 0.717) is 10.8 Å². The summed E-state index contributed by atoms with van der Waals surface area (Å²) in [5.74, 6) is 0. The molecule has 1 saturated heterocycles. The van der Waals surface area contributed by atoms with Crippen LogP contribution in [0.25, 0.3) is 0 Å². The first-order valence-electron chi connectivity index (χ1n) is 12.3. The Balaban J connectivity index is 1.60. The van der Waals surface area contributed by atoms with Gasteiger partial charge in [0.25, 0.3) is 0 Å². The normalized spacial score (nSPS) is 17.5. The molecule has 10 heteroatoms. The van der Waals surface area contributed by atoms with Gasteiger partial charge in [0.15, 0.2) is 5.11 Å². The summed E-state index contributed by atoms with van der Waals surface area (Å²) in [6, 6.07) is 17.4. The highest BCUT2D eigenvalue weighted by Crippen LogP contribution is 2.44. The quantitative estimate of drug-likeness (QED) is 0.322. The van der Waals surface area contributed by atoms with Gasteiger partial charge in [-0.2, -0.15) is 0 Å². The maximum absolute atomic E-state index is 11.8. The van der Waals surface area contributed by atoms with Gasteiger partial charge < -0.3 is 14.8 Å². The molecule has 1 aliphatic heterocycles. The number of sulfonamides is 1. The molecule has 38 heavy (non-hydrogen) atoms. The van der Waals surface area contributed by atoms with Gasteiger partial charge in [-0.1, -0.05) is 12.1 Å². The first kappa shape index (κ1) is 25.9. The molecule has 0 amide bonds. The van der Waals surface area contributed by atoms with Crippen LogP contribution in [0.15, 0.2) is 73.2 Å². The van der Waals surface area contributed by atoms with Gasteiger partial charge >= 0.3 is 0 Å². The van der Waals surface area contributed by atoms with Gasteiger partial charge in [0.05, 0.1) is 29.7 Å². The summed E-state index contributed by atoms with van der Waals surface area (Å²) in [6.07, 6.45) is 6.61. The van der Waals surface area contributed by atoms with Crippen LogP contribution in [-0.4, -0.2) is 34.3 Å². The van der Waals surface area contributed by atoms with Crippen molar-refractivity contribution in [2.45, 2.75) is 39.4 Å². The fraction of sp³-hybridized carbons (Fsp3) is 0.250. The molecule has 196 valence electrons. The molecule has 5 rings (SSSR count). The predicted octanol–water partition coefficient (Wildman–Crippen LogP) is 4.80. The largest absolute Gasteiger partial charge is 0.351 e. The van der Waals surface area contributed by atoms with Crippen molar-refractivity contribution in [1.29, 1.82) is 0 Å². The van der Waals surface area contributed by atoms with E-state index in [2.05, 4.69) is 55.5 Å². The zero-order valence-electron chi connectivity index (χ0n) is 21.7. The first-order chi connectivity index (χ1) is 18.1. The summed E-state index contributed by atoms with van der Waals surface area (Å²) in [4.78, 5) is 11.0. The number of nitrogens with one attached hydrogen (secondary N) is 2. The minimum absolute atomic E-state index is 0.167. The van der Waals surface area contributed by atoms with Crippen LogP contribution < -0.4 is 14.9 Å². The second-order valence-electron chi connectivity index (χ2n) is 9.64. The molecule has 3 aromatic heterocycles. The molecule has 8 nitrogen and oxygen atoms in total. The molecule has 2 N–H and O–H groups in total. The number of aromatic nitrogens is 3. The van der Waals surface area contributed by atoms with Crippen LogP contribution in [0.1, 0.15) is 45.9 Å². The molecule has 4 aromatic rings. The van der Waals surface area contributed by atoms with Crippen LogP contribution in [0.2, 0.25) is 0 Å². The SMILES string of the molecule is Cc1cc(N2C(=S)N[C@@H](c3ccccn3)[C@@H]2c2cc(C)n(Cc3cccnc3)c2C)ccc1NS(C)(=O)=O. The zero-order chi connectivity index (χ0) is 27.0. The van der Waals surface area contributed by atoms with Crippen molar-refractivity contribution in [2.75, 3.05) is 15.9 Å². The molecule has 1 aliphatic rings. The zero-order valence-corrected chi connectivity index (χ0v) is 23.3. The van der Waals surface area contributed by atoms with Gasteiger partial charge in [-0.15, -0.1) is 0 Å². The number of pyridine rings is 2. The number of benzene rings is 1. The Labute approximate surface area is 228 Å². The van der Waals surface area contributed by atoms with Crippen LogP contribution in [0.5, 0.6) is 0 Å². The lowest BCUT2D eigenvalue weighted by molar-refractivity contribution is 0.563. The molecule has 0 saturated carbocycles. The highest BCUT2D eigenvalue weighted by molar-refractivity contribution is 7.92. The summed E-state index contributed by atoms with van der Waals surface area (Å²) in [5, 5.41) is 4.10. The standard InChI is InChI=1S/C28H30N6O2S2/c1-18-14-22(10-11-24(18)32-38(4,35)36)34-27(26(31-28(34)37)25-9-5-6-13-30-25)23-15-19(2)33(20(23)3)17-21-8-7-12-29-16-21/h5-16,26-27,32H,17H2,1-4H3,(H,31,37)/t26-,27-/m0/s1. The van der Waals surface area contributed by atoms with Crippen LogP contribution in [0.3, 0.4) is 0 Å². The van der Waals surface area contributed by atoms with E-state index < -0.39 is 10.0 Å². The van der Waals surface area contributed by atoms with E-state index in [4.69, 9.17) is 12.2 Å². The third-order valence-corrected chi connectivity index (χ3v) is 7.78. The van der Waals surface area contributed by atoms with Gasteiger partial charge in [-0.05, 0) is 92.1 Å². The predicted molar refractivity (Wildman–Crippen MR) is 155 cm³/mol. The van der Waals surface area contributed by atoms with E-state index in [9.17, 15) is 8.42 Å². The first-order valence-corrected chi connectivity index (χ1v) is 14.6. The average molecular weight is 547 g/mol. The van der Waals surface area contributed by atoms with E-state index in [0.717, 1.165) is 52.3 Å². The second kappa shape index (κ2) is 10.2. The molecule has 0 spiro atoms. The van der Waals surface area contributed by atoms with E-state index in [-0.39, 0.29) is 12.1 Å². The lowest BCUT2D eigenvalue weighted by Gasteiger charge is -2.29. The summed E-state index contributed by atoms with van der Waals surface area (Å²) in [6.45, 7) is 6.85. The van der Waals surface area contributed by atoms with Gasteiger partial charge in [0.2, 0.25) is 10.0 Å². The smallest absolute Gasteiger partial charge is 0.229 e. The third-order valence-electron chi connectivity index (χ3n) is 6.88. The topological polar surface area (TPSA) is 92.2 Å². The van der Waals surface area contributed by atoms with Crippen molar-refractivity contribution in [3.8, 4) is 0 Å². The van der Waals surface area contributed by atoms with E-state index >= 15 is 0 Å². The molecule has 1 aromatic carbocycles. The van der Waals surface area contributed by atoms with Gasteiger partial charge in [0, 0.05) is 42.2 Å². The van der Waals surface area contributed by atoms with Crippen molar-refractivity contribution in [3.05, 3.63) is 107 Å². The van der Waals surface area contributed by atoms with Gasteiger partial charge in [-0.3, -0.25) is 14.7 Å². The molecular weight excluding hydrogens is 516 g/mol. The van der Waals surface area contributed by atoms with Gasteiger partial charge in [-0.25, -0.2) is 8.42 Å². The monoisotopic (exact) mass is 546 g/mol. The fourth-order valence-electron chi connectivity index (χ4n) is 5.11. The van der Waals surface area contributed by atoms with Gasteiger partial charge in [0.1, 0.15) is 0 Å². The highest BCUT2D eigenvalue weighted by Gasteiger charge is 2.42. The van der Waals surface area contributed by atoms with Crippen molar-refractivity contribution in [3.63, 3.8) is 0 Å². The molecule has 2 atom stereocenters. The Morgan fingerprint density at radius 2 is 1.87 bits per heavy atom. The van der Waals surface area contributed by atoms with E-state index in [1.54, 1.807) is 18.5 Å². The average Bonchev–Trinajstić information content (AvgIpc) is 3.36. The maximum atomic E-state index is 11.8. The van der Waals surface area contributed by atoms with Crippen LogP contribution in [0, 0.1) is 20.8 Å². The minimum atomic E-state index is -3.39. The van der Waals surface area contributed by atoms with Crippen molar-refractivity contribution in [1.82, 2.24) is 19.9 Å². The Morgan fingerprint density at radius 3 is 2.53 bits per heavy atom. The molecule has 0 radical (unpaired) electrons. The Bertz CT molecular complexity index is 1590. The summed E-state index contributed by atoms with van der Waals surface area (Å²) in [5.41, 5.74) is 7.67. The number of hydrogen-bond donors (Lipinski definition) is 2. The maximum Gasteiger partial charge on any atom is 0.229 e. The summed E-state index contributed by atoms with van der Waals surface area (Å²) in [7, 11) is -3.39. The third kappa shape index (κ3) is 5.14. The number of rotatable bonds is 7. The number of nitrogens with zero attached hydrogens (tertiary/aromatic N) is 4. The lowest BCUT2D eigenvalue weighted by atomic mass is 9.96. The Hall–Kier alpha value is -3.76. The van der Waals surface area contributed by atoms with Crippen LogP contribution >= 0.6 is 12.2 Å². The fourth-order valence-corrected chi connectivity index (χ4v) is 6.08. The number of aryl methyl sites for hydroxylation is 2. The summed E-state index contributed by atoms with van der Waals surface area (Å²) < 4.78 is 28.5. The molecule has 4 heterocycles. The molecule has 1 fully saturated rings. The number of anilines is 2. The number of hydrogen-bond acceptors (Lipinski definition) is 5. The minimum Gasteiger partial charge on any atom is -0.351 e. The van der Waals surface area contributed by atoms with E-state index in [1.807, 2.05) is 49.5 Å². The Kier molecular flexibility index (Phi) is 6.93. The highest BCUT2D eigenvalue weighted by atomic mass is 32.2. The van der Waals surface area contributed by atoms with Crippen LogP contribution in [0.4, 0.5) is 11.4 Å². The number of thiocarbonyl (C=S) groups is 1. The van der Waals surface area contributed by atoms with Crippen molar-refractivity contribution >= 4 is 38.7 Å². The molecule has 0 unspecified atom stereocenters. The van der Waals surface area contributed by atoms with E-state index in [1.165, 1.54) is 0 Å². The summed E-state index contributed by atoms with van der Waals surface area (Å²) >= 11 is 5.89.